The van der Waals surface area contributed by atoms with Crippen LogP contribution in [0.1, 0.15) is 48.2 Å². The number of nitrogens with one attached hydrogen (secondary N) is 1. The van der Waals surface area contributed by atoms with E-state index in [1.54, 1.807) is 30.3 Å². The highest BCUT2D eigenvalue weighted by Gasteiger charge is 2.34. The van der Waals surface area contributed by atoms with E-state index in [4.69, 9.17) is 9.47 Å². The van der Waals surface area contributed by atoms with Crippen LogP contribution in [-0.2, 0) is 4.74 Å². The van der Waals surface area contributed by atoms with E-state index in [1.807, 2.05) is 20.8 Å². The molecule has 0 unspecified atom stereocenters. The Kier molecular flexibility index (Phi) is 5.51. The van der Waals surface area contributed by atoms with E-state index in [1.165, 1.54) is 0 Å². The summed E-state index contributed by atoms with van der Waals surface area (Å²) in [5.74, 6) is 1.81. The predicted molar refractivity (Wildman–Crippen MR) is 95.2 cm³/mol. The zero-order chi connectivity index (χ0) is 18.7. The lowest BCUT2D eigenvalue weighted by atomic mass is 10.0. The van der Waals surface area contributed by atoms with E-state index >= 15 is 0 Å². The van der Waals surface area contributed by atoms with Gasteiger partial charge in [0, 0.05) is 26.4 Å². The van der Waals surface area contributed by atoms with Gasteiger partial charge in [0.2, 0.25) is 5.88 Å². The second kappa shape index (κ2) is 7.82. The van der Waals surface area contributed by atoms with Crippen molar-refractivity contribution in [3.63, 3.8) is 0 Å². The zero-order valence-corrected chi connectivity index (χ0v) is 15.6. The van der Waals surface area contributed by atoms with Crippen molar-refractivity contribution in [3.05, 3.63) is 35.5 Å². The molecule has 1 N–H and O–H groups in total. The molecule has 0 radical (unpaired) electrons. The van der Waals surface area contributed by atoms with Crippen molar-refractivity contribution >= 4 is 5.91 Å². The first-order chi connectivity index (χ1) is 12.5. The Bertz CT molecular complexity index is 761. The number of nitrogens with zero attached hydrogens (tertiary/aromatic N) is 4. The summed E-state index contributed by atoms with van der Waals surface area (Å²) in [5, 5.41) is 7.13. The quantitative estimate of drug-likeness (QED) is 0.847. The molecule has 2 aromatic rings. The third-order valence-corrected chi connectivity index (χ3v) is 4.31. The summed E-state index contributed by atoms with van der Waals surface area (Å²) < 4.78 is 11.5. The molecule has 26 heavy (non-hydrogen) atoms. The third-order valence-electron chi connectivity index (χ3n) is 4.31. The van der Waals surface area contributed by atoms with Gasteiger partial charge in [0.1, 0.15) is 11.4 Å². The number of aromatic amines is 1. The number of hydrogen-bond acceptors (Lipinski definition) is 6. The molecule has 0 bridgehead atoms. The minimum absolute atomic E-state index is 0.0571. The molecule has 3 rings (SSSR count). The molecule has 2 atom stereocenters. The summed E-state index contributed by atoms with van der Waals surface area (Å²) in [7, 11) is 1.76. The van der Waals surface area contributed by atoms with Crippen LogP contribution in [0, 0.1) is 6.92 Å². The van der Waals surface area contributed by atoms with Crippen molar-refractivity contribution in [3.8, 4) is 5.88 Å². The number of likely N-dealkylation sites (N-methyl/N-ethyl adjacent to an activating group) is 1. The van der Waals surface area contributed by atoms with Crippen LogP contribution in [0.15, 0.2) is 18.3 Å². The summed E-state index contributed by atoms with van der Waals surface area (Å²) in [5.41, 5.74) is 0.451. The first-order valence-corrected chi connectivity index (χ1v) is 8.83. The average Bonchev–Trinajstić information content (AvgIpc) is 3.22. The van der Waals surface area contributed by atoms with Crippen LogP contribution in [0.4, 0.5) is 0 Å². The van der Waals surface area contributed by atoms with Crippen LogP contribution >= 0.6 is 0 Å². The maximum absolute atomic E-state index is 12.9. The van der Waals surface area contributed by atoms with Gasteiger partial charge in [0.15, 0.2) is 5.82 Å². The van der Waals surface area contributed by atoms with Crippen molar-refractivity contribution < 1.29 is 14.3 Å². The van der Waals surface area contributed by atoms with Gasteiger partial charge in [-0.05, 0) is 39.3 Å². The van der Waals surface area contributed by atoms with Gasteiger partial charge in [-0.3, -0.25) is 9.89 Å². The number of carbonyl (C=O) groups excluding carboxylic acids is 1. The molecule has 1 saturated heterocycles. The first-order valence-electron chi connectivity index (χ1n) is 8.83. The number of aryl methyl sites for hydroxylation is 1. The normalized spacial score (nSPS) is 19.7. The third kappa shape index (κ3) is 4.01. The number of ether oxygens (including phenoxy) is 2. The Labute approximate surface area is 152 Å². The van der Waals surface area contributed by atoms with Crippen LogP contribution in [0.25, 0.3) is 0 Å². The lowest BCUT2D eigenvalue weighted by Crippen LogP contribution is -2.36. The van der Waals surface area contributed by atoms with Gasteiger partial charge in [-0.1, -0.05) is 0 Å². The number of amides is 1. The lowest BCUT2D eigenvalue weighted by molar-refractivity contribution is 0.0545. The van der Waals surface area contributed by atoms with E-state index in [0.29, 0.717) is 24.6 Å². The van der Waals surface area contributed by atoms with Crippen molar-refractivity contribution in [2.75, 3.05) is 20.2 Å². The summed E-state index contributed by atoms with van der Waals surface area (Å²) >= 11 is 0. The fourth-order valence-electron chi connectivity index (χ4n) is 3.08. The first kappa shape index (κ1) is 18.3. The molecular weight excluding hydrogens is 334 g/mol. The summed E-state index contributed by atoms with van der Waals surface area (Å²) in [6, 6.07) is 3.47. The zero-order valence-electron chi connectivity index (χ0n) is 15.6. The summed E-state index contributed by atoms with van der Waals surface area (Å²) in [4.78, 5) is 23.2. The summed E-state index contributed by atoms with van der Waals surface area (Å²) in [6.07, 6.45) is 2.28. The van der Waals surface area contributed by atoms with Crippen molar-refractivity contribution in [2.45, 2.75) is 45.3 Å². The molecule has 0 spiro atoms. The van der Waals surface area contributed by atoms with E-state index < -0.39 is 0 Å². The van der Waals surface area contributed by atoms with E-state index in [2.05, 4.69) is 20.2 Å². The Hall–Kier alpha value is -2.48. The fraction of sp³-hybridized carbons (Fsp3) is 0.556. The van der Waals surface area contributed by atoms with Crippen LogP contribution < -0.4 is 4.74 Å². The molecule has 0 aliphatic carbocycles. The van der Waals surface area contributed by atoms with E-state index in [9.17, 15) is 4.79 Å². The number of H-pyrrole nitrogens is 1. The molecule has 8 heteroatoms. The van der Waals surface area contributed by atoms with Crippen molar-refractivity contribution in [2.24, 2.45) is 0 Å². The molecule has 1 aliphatic rings. The predicted octanol–water partition coefficient (Wildman–Crippen LogP) is 1.94. The van der Waals surface area contributed by atoms with Crippen LogP contribution in [0.2, 0.25) is 0 Å². The fourth-order valence-corrected chi connectivity index (χ4v) is 3.08. The van der Waals surface area contributed by atoms with E-state index in [-0.39, 0.29) is 24.0 Å². The maximum atomic E-state index is 12.9. The van der Waals surface area contributed by atoms with Crippen molar-refractivity contribution in [1.29, 1.82) is 0 Å². The Balaban J connectivity index is 1.71. The monoisotopic (exact) mass is 359 g/mol. The second-order valence-electron chi connectivity index (χ2n) is 6.79. The molecule has 8 nitrogen and oxygen atoms in total. The highest BCUT2D eigenvalue weighted by Crippen LogP contribution is 2.30. The maximum Gasteiger partial charge on any atom is 0.259 e. The molecule has 140 valence electrons. The Morgan fingerprint density at radius 3 is 3.00 bits per heavy atom. The van der Waals surface area contributed by atoms with Crippen LogP contribution in [0.3, 0.4) is 0 Å². The minimum atomic E-state index is -0.144. The van der Waals surface area contributed by atoms with Crippen LogP contribution in [-0.4, -0.2) is 63.4 Å². The van der Waals surface area contributed by atoms with Crippen molar-refractivity contribution in [1.82, 2.24) is 25.1 Å². The molecule has 2 aromatic heterocycles. The number of rotatable bonds is 6. The lowest BCUT2D eigenvalue weighted by Gasteiger charge is -2.24. The number of aromatic nitrogens is 4. The highest BCUT2D eigenvalue weighted by atomic mass is 16.5. The SMILES string of the molecule is Cc1nc([C@@H]2CCO[C@@H]2CN(C)C(=O)c2cccnc2OC(C)C)n[nH]1. The molecule has 1 fully saturated rings. The smallest absolute Gasteiger partial charge is 0.259 e. The van der Waals surface area contributed by atoms with Gasteiger partial charge in [0.05, 0.1) is 18.1 Å². The highest BCUT2D eigenvalue weighted by molar-refractivity contribution is 5.96. The Morgan fingerprint density at radius 1 is 1.50 bits per heavy atom. The molecule has 1 amide bonds. The molecule has 1 aliphatic heterocycles. The van der Waals surface area contributed by atoms with Gasteiger partial charge in [-0.25, -0.2) is 9.97 Å². The molecule has 0 aromatic carbocycles. The van der Waals surface area contributed by atoms with Crippen LogP contribution in [0.5, 0.6) is 5.88 Å². The van der Waals surface area contributed by atoms with Gasteiger partial charge >= 0.3 is 0 Å². The number of hydrogen-bond donors (Lipinski definition) is 1. The van der Waals surface area contributed by atoms with Gasteiger partial charge in [0.25, 0.3) is 5.91 Å². The van der Waals surface area contributed by atoms with Gasteiger partial charge < -0.3 is 14.4 Å². The molecular formula is C18H25N5O3. The summed E-state index contributed by atoms with van der Waals surface area (Å²) in [6.45, 7) is 6.77. The largest absolute Gasteiger partial charge is 0.474 e. The molecule has 0 saturated carbocycles. The second-order valence-corrected chi connectivity index (χ2v) is 6.79. The number of pyridine rings is 1. The number of carbonyl (C=O) groups is 1. The molecule has 3 heterocycles. The van der Waals surface area contributed by atoms with Gasteiger partial charge in [-0.15, -0.1) is 0 Å². The topological polar surface area (TPSA) is 93.2 Å². The standard InChI is InChI=1S/C18H25N5O3/c1-11(2)26-17-14(6-5-8-19-17)18(24)23(4)10-15-13(7-9-25-15)16-20-12(3)21-22-16/h5-6,8,11,13,15H,7,9-10H2,1-4H3,(H,20,21,22)/t13-,15-/m1/s1. The minimum Gasteiger partial charge on any atom is -0.474 e. The van der Waals surface area contributed by atoms with Gasteiger partial charge in [-0.2, -0.15) is 5.10 Å². The van der Waals surface area contributed by atoms with E-state index in [0.717, 1.165) is 18.1 Å². The Morgan fingerprint density at radius 2 is 2.31 bits per heavy atom. The average molecular weight is 359 g/mol.